The maximum atomic E-state index is 13.4. The molecule has 4 N–H and O–H groups in total. The van der Waals surface area contributed by atoms with E-state index < -0.39 is 44.9 Å². The zero-order valence-electron chi connectivity index (χ0n) is 29.4. The Morgan fingerprint density at radius 3 is 1.85 bits per heavy atom. The van der Waals surface area contributed by atoms with Crippen molar-refractivity contribution in [2.75, 3.05) is 45.9 Å². The summed E-state index contributed by atoms with van der Waals surface area (Å²) in [6, 6.07) is -1.32. The molecule has 2 saturated heterocycles. The van der Waals surface area contributed by atoms with Crippen LogP contribution in [-0.2, 0) is 33.9 Å². The largest absolute Gasteiger partial charge is 0.465 e. The Hall–Kier alpha value is -3.14. The van der Waals surface area contributed by atoms with E-state index >= 15 is 0 Å². The lowest BCUT2D eigenvalue weighted by molar-refractivity contribution is -0.145. The Morgan fingerprint density at radius 2 is 1.40 bits per heavy atom. The molecule has 0 aromatic heterocycles. The van der Waals surface area contributed by atoms with Crippen molar-refractivity contribution in [3.05, 3.63) is 0 Å². The molecule has 2 fully saturated rings. The Labute approximate surface area is 285 Å². The molecular weight excluding hydrogens is 646 g/mol. The van der Waals surface area contributed by atoms with E-state index in [1.54, 1.807) is 11.8 Å². The number of carbonyl (C=O) groups is 5. The number of nitrogens with zero attached hydrogens (tertiary/aromatic N) is 2. The van der Waals surface area contributed by atoms with Crippen LogP contribution in [0.5, 0.6) is 0 Å². The van der Waals surface area contributed by atoms with Crippen LogP contribution < -0.4 is 15.4 Å². The summed E-state index contributed by atoms with van der Waals surface area (Å²) in [5.41, 5.74) is -0.566. The average molecular weight is 704 g/mol. The van der Waals surface area contributed by atoms with Crippen LogP contribution in [0.25, 0.3) is 0 Å². The molecule has 0 aliphatic carbocycles. The Kier molecular flexibility index (Phi) is 16.4. The summed E-state index contributed by atoms with van der Waals surface area (Å²) in [6.07, 6.45) is 4.53. The summed E-state index contributed by atoms with van der Waals surface area (Å²) in [7, 11) is -3.83. The van der Waals surface area contributed by atoms with Gasteiger partial charge in [-0.1, -0.05) is 0 Å². The predicted octanol–water partition coefficient (Wildman–Crippen LogP) is 2.69. The second-order valence-corrected chi connectivity index (χ2v) is 16.3. The third-order valence-electron chi connectivity index (χ3n) is 8.79. The quantitative estimate of drug-likeness (QED) is 0.173. The van der Waals surface area contributed by atoms with Crippen molar-refractivity contribution in [3.63, 3.8) is 0 Å². The molecule has 2 aliphatic heterocycles. The fraction of sp³-hybridized carbons (Fsp3) is 0.844. The minimum Gasteiger partial charge on any atom is -0.465 e. The monoisotopic (exact) mass is 703 g/mol. The van der Waals surface area contributed by atoms with E-state index in [2.05, 4.69) is 15.4 Å². The summed E-state index contributed by atoms with van der Waals surface area (Å²) in [6.45, 7) is 11.4. The lowest BCUT2D eigenvalue weighted by atomic mass is 9.84. The van der Waals surface area contributed by atoms with Crippen molar-refractivity contribution in [1.29, 1.82) is 0 Å². The first-order chi connectivity index (χ1) is 22.4. The van der Waals surface area contributed by atoms with E-state index in [0.29, 0.717) is 50.9 Å². The highest BCUT2D eigenvalue weighted by molar-refractivity contribution is 7.90. The first-order valence-electron chi connectivity index (χ1n) is 17.1. The zero-order valence-corrected chi connectivity index (χ0v) is 30.2. The summed E-state index contributed by atoms with van der Waals surface area (Å²) in [5, 5.41) is 13.7. The van der Waals surface area contributed by atoms with Crippen molar-refractivity contribution in [2.45, 2.75) is 110 Å². The van der Waals surface area contributed by atoms with Gasteiger partial charge in [-0.25, -0.2) is 18.0 Å². The number of likely N-dealkylation sites (tertiary alicyclic amines) is 2. The van der Waals surface area contributed by atoms with Crippen molar-refractivity contribution < 1.29 is 47.0 Å². The zero-order chi connectivity index (χ0) is 36.1. The fourth-order valence-corrected chi connectivity index (χ4v) is 6.61. The van der Waals surface area contributed by atoms with Crippen LogP contribution in [0, 0.1) is 17.8 Å². The molecule has 2 unspecified atom stereocenters. The van der Waals surface area contributed by atoms with E-state index in [1.165, 1.54) is 18.7 Å². The highest BCUT2D eigenvalue weighted by Crippen LogP contribution is 2.29. The molecule has 276 valence electrons. The SMILES string of the molecule is CCOC(=O)C(CNC(=O)CNC(=O)C(CCC1CCN(C(=O)O)CC1)CCC1CCN(C(=O)OC(C)(C)C)CC1)NS(=O)(=O)C(C)C. The molecule has 0 radical (unpaired) electrons. The third-order valence-corrected chi connectivity index (χ3v) is 10.6. The molecule has 2 rings (SSSR count). The van der Waals surface area contributed by atoms with Crippen LogP contribution in [0.15, 0.2) is 0 Å². The molecule has 2 aliphatic rings. The van der Waals surface area contributed by atoms with Crippen LogP contribution >= 0.6 is 0 Å². The molecule has 2 atom stereocenters. The predicted molar refractivity (Wildman–Crippen MR) is 178 cm³/mol. The van der Waals surface area contributed by atoms with Gasteiger partial charge < -0.3 is 35.0 Å². The molecular formula is C32H57N5O10S. The van der Waals surface area contributed by atoms with Crippen molar-refractivity contribution in [2.24, 2.45) is 17.8 Å². The van der Waals surface area contributed by atoms with Gasteiger partial charge in [-0.2, -0.15) is 4.72 Å². The van der Waals surface area contributed by atoms with Gasteiger partial charge in [-0.3, -0.25) is 14.4 Å². The van der Waals surface area contributed by atoms with Crippen LogP contribution in [0.2, 0.25) is 0 Å². The van der Waals surface area contributed by atoms with Gasteiger partial charge in [-0.15, -0.1) is 0 Å². The van der Waals surface area contributed by atoms with Crippen LogP contribution in [0.1, 0.15) is 92.9 Å². The minimum atomic E-state index is -3.83. The highest BCUT2D eigenvalue weighted by Gasteiger charge is 2.31. The van der Waals surface area contributed by atoms with Crippen LogP contribution in [0.4, 0.5) is 9.59 Å². The lowest BCUT2D eigenvalue weighted by Gasteiger charge is -2.34. The maximum Gasteiger partial charge on any atom is 0.410 e. The maximum absolute atomic E-state index is 13.4. The van der Waals surface area contributed by atoms with Gasteiger partial charge in [0.05, 0.1) is 18.4 Å². The molecule has 0 saturated carbocycles. The number of amides is 4. The van der Waals surface area contributed by atoms with E-state index in [9.17, 15) is 37.5 Å². The van der Waals surface area contributed by atoms with Gasteiger partial charge in [0, 0.05) is 38.6 Å². The van der Waals surface area contributed by atoms with E-state index in [-0.39, 0.29) is 37.6 Å². The molecule has 48 heavy (non-hydrogen) atoms. The Bertz CT molecular complexity index is 1190. The fourth-order valence-electron chi connectivity index (χ4n) is 5.76. The number of hydrogen-bond acceptors (Lipinski definition) is 9. The van der Waals surface area contributed by atoms with Gasteiger partial charge >= 0.3 is 18.2 Å². The molecule has 0 spiro atoms. The number of rotatable bonds is 16. The van der Waals surface area contributed by atoms with Gasteiger partial charge in [0.15, 0.2) is 0 Å². The third kappa shape index (κ3) is 14.5. The number of carbonyl (C=O) groups excluding carboxylic acids is 4. The average Bonchev–Trinajstić information content (AvgIpc) is 3.01. The highest BCUT2D eigenvalue weighted by atomic mass is 32.2. The van der Waals surface area contributed by atoms with Gasteiger partial charge in [-0.05, 0) is 105 Å². The van der Waals surface area contributed by atoms with Crippen molar-refractivity contribution in [1.82, 2.24) is 25.2 Å². The minimum absolute atomic E-state index is 0.0334. The van der Waals surface area contributed by atoms with Crippen molar-refractivity contribution >= 4 is 40.0 Å². The molecule has 0 aromatic carbocycles. The lowest BCUT2D eigenvalue weighted by Crippen LogP contribution is -2.51. The standard InChI is InChI=1S/C32H57N5O10S/c1-7-46-29(40)26(35-48(44,45)22(2)3)20-33-27(38)21-34-28(39)25(10-8-23-12-16-36(17-13-23)30(41)42)11-9-24-14-18-37(19-15-24)31(43)47-32(4,5)6/h22-26,35H,7-21H2,1-6H3,(H,33,38)(H,34,39)(H,41,42). The molecule has 2 heterocycles. The summed E-state index contributed by atoms with van der Waals surface area (Å²) >= 11 is 0. The summed E-state index contributed by atoms with van der Waals surface area (Å²) < 4.78 is 37.4. The van der Waals surface area contributed by atoms with E-state index in [1.807, 2.05) is 20.8 Å². The number of nitrogens with one attached hydrogen (secondary N) is 3. The van der Waals surface area contributed by atoms with Gasteiger partial charge in [0.2, 0.25) is 21.8 Å². The van der Waals surface area contributed by atoms with Crippen LogP contribution in [0.3, 0.4) is 0 Å². The second-order valence-electron chi connectivity index (χ2n) is 14.0. The second kappa shape index (κ2) is 19.2. The summed E-state index contributed by atoms with van der Waals surface area (Å²) in [4.78, 5) is 65.3. The first-order valence-corrected chi connectivity index (χ1v) is 18.6. The topological polar surface area (TPSA) is 201 Å². The number of sulfonamides is 1. The van der Waals surface area contributed by atoms with Crippen LogP contribution in [-0.4, -0.2) is 116 Å². The van der Waals surface area contributed by atoms with Gasteiger partial charge in [0.25, 0.3) is 0 Å². The number of carboxylic acid groups (broad SMARTS) is 1. The van der Waals surface area contributed by atoms with E-state index in [4.69, 9.17) is 9.47 Å². The smallest absolute Gasteiger partial charge is 0.410 e. The number of hydrogen-bond donors (Lipinski definition) is 4. The molecule has 0 bridgehead atoms. The van der Waals surface area contributed by atoms with Gasteiger partial charge in [0.1, 0.15) is 11.6 Å². The number of piperidine rings is 2. The number of ether oxygens (including phenoxy) is 2. The molecule has 0 aromatic rings. The Morgan fingerprint density at radius 1 is 0.875 bits per heavy atom. The van der Waals surface area contributed by atoms with Crippen molar-refractivity contribution in [3.8, 4) is 0 Å². The number of esters is 1. The Balaban J connectivity index is 1.95. The van der Waals surface area contributed by atoms with E-state index in [0.717, 1.165) is 38.5 Å². The normalized spacial score (nSPS) is 17.8. The first kappa shape index (κ1) is 41.0. The molecule has 16 heteroatoms. The molecule has 4 amide bonds. The summed E-state index contributed by atoms with van der Waals surface area (Å²) in [5.74, 6) is -1.43. The molecule has 15 nitrogen and oxygen atoms in total.